The molecule has 0 fully saturated rings. The third-order valence-corrected chi connectivity index (χ3v) is 6.57. The highest BCUT2D eigenvalue weighted by molar-refractivity contribution is 6.45. The molecule has 0 saturated carbocycles. The van der Waals surface area contributed by atoms with Gasteiger partial charge >= 0.3 is 48.8 Å². The maximum atomic E-state index is 13.3. The third-order valence-electron chi connectivity index (χ3n) is 6.57. The van der Waals surface area contributed by atoms with Crippen molar-refractivity contribution in [3.05, 3.63) is 0 Å². The SMILES string of the molecule is CB(O)N(CCNC(=O)C[C@H](C[C@@H](COC(C)=O)OC(C)=O)OC(C)=O)CCNC(=O)[C@H](OC(C)=O)[C@@H](OC(C)=O)[C@@H](CCOC(C)=O)OC(C)=O. The second kappa shape index (κ2) is 25.2. The lowest BCUT2D eigenvalue weighted by Gasteiger charge is -2.31. The minimum atomic E-state index is -1.80. The predicted molar refractivity (Wildman–Crippen MR) is 176 cm³/mol. The molecular weight excluding hydrogens is 697 g/mol. The number of nitrogens with zero attached hydrogens (tertiary/aromatic N) is 1. The van der Waals surface area contributed by atoms with Crippen LogP contribution in [0.5, 0.6) is 0 Å². The van der Waals surface area contributed by atoms with Crippen molar-refractivity contribution >= 4 is 60.6 Å². The first-order valence-corrected chi connectivity index (χ1v) is 16.3. The molecule has 20 nitrogen and oxygen atoms in total. The molecule has 5 atom stereocenters. The van der Waals surface area contributed by atoms with Gasteiger partial charge < -0.3 is 53.6 Å². The van der Waals surface area contributed by atoms with E-state index in [2.05, 4.69) is 10.6 Å². The summed E-state index contributed by atoms with van der Waals surface area (Å²) in [5.74, 6) is -6.79. The van der Waals surface area contributed by atoms with E-state index in [1.807, 2.05) is 0 Å². The lowest BCUT2D eigenvalue weighted by atomic mass is 9.85. The van der Waals surface area contributed by atoms with Crippen molar-refractivity contribution in [1.29, 1.82) is 0 Å². The zero-order valence-electron chi connectivity index (χ0n) is 30.8. The number of rotatable bonds is 24. The van der Waals surface area contributed by atoms with E-state index in [1.54, 1.807) is 0 Å². The maximum absolute atomic E-state index is 13.3. The first kappa shape index (κ1) is 47.2. The molecule has 0 rings (SSSR count). The molecule has 0 aromatic carbocycles. The Morgan fingerprint density at radius 2 is 1.13 bits per heavy atom. The van der Waals surface area contributed by atoms with E-state index < -0.39 is 91.2 Å². The van der Waals surface area contributed by atoms with E-state index >= 15 is 0 Å². The summed E-state index contributed by atoms with van der Waals surface area (Å²) in [5.41, 5.74) is 0. The van der Waals surface area contributed by atoms with Gasteiger partial charge in [-0.25, -0.2) is 0 Å². The van der Waals surface area contributed by atoms with Crippen LogP contribution in [0.4, 0.5) is 0 Å². The molecule has 0 aromatic rings. The van der Waals surface area contributed by atoms with Gasteiger partial charge in [0, 0.05) is 87.5 Å². The highest BCUT2D eigenvalue weighted by Gasteiger charge is 2.41. The Kier molecular flexibility index (Phi) is 22.9. The fraction of sp³-hybridized carbons (Fsp3) is 0.710. The zero-order chi connectivity index (χ0) is 40.0. The number of carbonyl (C=O) groups is 9. The van der Waals surface area contributed by atoms with Crippen molar-refractivity contribution in [2.45, 2.75) is 105 Å². The van der Waals surface area contributed by atoms with Crippen LogP contribution < -0.4 is 10.6 Å². The Morgan fingerprint density at radius 1 is 0.635 bits per heavy atom. The predicted octanol–water partition coefficient (Wildman–Crippen LogP) is -1.41. The van der Waals surface area contributed by atoms with Gasteiger partial charge in [0.05, 0.1) is 13.0 Å². The summed E-state index contributed by atoms with van der Waals surface area (Å²) in [7, 11) is -1.07. The van der Waals surface area contributed by atoms with E-state index in [0.717, 1.165) is 48.5 Å². The molecule has 0 aliphatic carbocycles. The van der Waals surface area contributed by atoms with Crippen LogP contribution in [0, 0.1) is 0 Å². The Labute approximate surface area is 301 Å². The van der Waals surface area contributed by atoms with Gasteiger partial charge in [-0.2, -0.15) is 0 Å². The van der Waals surface area contributed by atoms with Crippen molar-refractivity contribution in [3.63, 3.8) is 0 Å². The van der Waals surface area contributed by atoms with E-state index in [-0.39, 0.29) is 58.7 Å². The van der Waals surface area contributed by atoms with Crippen LogP contribution >= 0.6 is 0 Å². The maximum Gasteiger partial charge on any atom is 0.376 e. The summed E-state index contributed by atoms with van der Waals surface area (Å²) in [6, 6.07) is 0. The molecule has 52 heavy (non-hydrogen) atoms. The smallest absolute Gasteiger partial charge is 0.376 e. The topological polar surface area (TPSA) is 266 Å². The number of ether oxygens (including phenoxy) is 7. The Balaban J connectivity index is 5.55. The van der Waals surface area contributed by atoms with Crippen molar-refractivity contribution in [3.8, 4) is 0 Å². The number of esters is 7. The summed E-state index contributed by atoms with van der Waals surface area (Å²) in [5, 5.41) is 15.4. The number of nitrogens with one attached hydrogen (secondary N) is 2. The summed E-state index contributed by atoms with van der Waals surface area (Å²) in [4.78, 5) is 109. The molecule has 0 radical (unpaired) electrons. The van der Waals surface area contributed by atoms with Crippen molar-refractivity contribution in [1.82, 2.24) is 15.4 Å². The van der Waals surface area contributed by atoms with Gasteiger partial charge in [0.2, 0.25) is 12.0 Å². The molecule has 294 valence electrons. The van der Waals surface area contributed by atoms with Crippen molar-refractivity contribution in [2.75, 3.05) is 39.4 Å². The summed E-state index contributed by atoms with van der Waals surface area (Å²) < 4.78 is 35.7. The van der Waals surface area contributed by atoms with E-state index in [1.165, 1.54) is 11.6 Å². The van der Waals surface area contributed by atoms with Gasteiger partial charge in [0.1, 0.15) is 24.9 Å². The zero-order valence-corrected chi connectivity index (χ0v) is 30.8. The van der Waals surface area contributed by atoms with Crippen LogP contribution in [0.2, 0.25) is 6.82 Å². The summed E-state index contributed by atoms with van der Waals surface area (Å²) >= 11 is 0. The molecule has 21 heteroatoms. The molecule has 0 unspecified atom stereocenters. The fourth-order valence-electron chi connectivity index (χ4n) is 4.62. The van der Waals surface area contributed by atoms with Crippen LogP contribution in [0.15, 0.2) is 0 Å². The molecule has 0 saturated heterocycles. The standard InChI is InChI=1S/C31H50BN3O17/c1-18(36)46-14-9-27(50-22(5)40)29(51-23(6)41)30(52-24(7)42)31(44)34-11-13-35(32(8)45)12-10-33-28(43)16-25(48-20(3)38)15-26(49-21(4)39)17-47-19(2)37/h25-27,29-30,45H,9-17H2,1-8H3,(H,33,43)(H,34,44)/t25-,26-,27+,29-,30+/m0/s1. The summed E-state index contributed by atoms with van der Waals surface area (Å²) in [6.07, 6.45) is -7.52. The second-order valence-corrected chi connectivity index (χ2v) is 11.4. The largest absolute Gasteiger partial charge is 0.466 e. The minimum Gasteiger partial charge on any atom is -0.466 e. The Bertz CT molecular complexity index is 1250. The molecule has 0 bridgehead atoms. The minimum absolute atomic E-state index is 0.000410. The van der Waals surface area contributed by atoms with Crippen LogP contribution in [0.3, 0.4) is 0 Å². The lowest BCUT2D eigenvalue weighted by molar-refractivity contribution is -0.187. The van der Waals surface area contributed by atoms with Gasteiger partial charge in [-0.3, -0.25) is 43.2 Å². The number of hydrogen-bond acceptors (Lipinski definition) is 18. The number of hydrogen-bond donors (Lipinski definition) is 3. The van der Waals surface area contributed by atoms with E-state index in [4.69, 9.17) is 33.2 Å². The summed E-state index contributed by atoms with van der Waals surface area (Å²) in [6.45, 7) is 8.40. The lowest BCUT2D eigenvalue weighted by Crippen LogP contribution is -2.54. The molecule has 3 N–H and O–H groups in total. The Morgan fingerprint density at radius 3 is 1.62 bits per heavy atom. The second-order valence-electron chi connectivity index (χ2n) is 11.4. The normalized spacial score (nSPS) is 13.5. The molecule has 0 spiro atoms. The van der Waals surface area contributed by atoms with Gasteiger partial charge in [0.25, 0.3) is 5.91 Å². The molecular formula is C31H50BN3O17. The Hall–Kier alpha value is -4.79. The fourth-order valence-corrected chi connectivity index (χ4v) is 4.62. The van der Waals surface area contributed by atoms with E-state index in [9.17, 15) is 48.2 Å². The van der Waals surface area contributed by atoms with Crippen molar-refractivity contribution in [2.24, 2.45) is 0 Å². The van der Waals surface area contributed by atoms with E-state index in [0.29, 0.717) is 0 Å². The number of carbonyl (C=O) groups excluding carboxylic acids is 9. The molecule has 0 heterocycles. The number of amides is 2. The van der Waals surface area contributed by atoms with Crippen LogP contribution in [0.1, 0.15) is 67.7 Å². The monoisotopic (exact) mass is 747 g/mol. The molecule has 0 aliphatic rings. The van der Waals surface area contributed by atoms with Gasteiger partial charge in [-0.1, -0.05) is 0 Å². The van der Waals surface area contributed by atoms with Gasteiger partial charge in [0.15, 0.2) is 6.10 Å². The van der Waals surface area contributed by atoms with Crippen LogP contribution in [-0.2, 0) is 76.3 Å². The average Bonchev–Trinajstić information content (AvgIpc) is 2.98. The third kappa shape index (κ3) is 22.8. The highest BCUT2D eigenvalue weighted by atomic mass is 16.6. The molecule has 0 aromatic heterocycles. The quantitative estimate of drug-likeness (QED) is 0.0581. The van der Waals surface area contributed by atoms with Crippen LogP contribution in [-0.4, -0.2) is 140 Å². The molecule has 0 aliphatic heterocycles. The molecule has 2 amide bonds. The van der Waals surface area contributed by atoms with Crippen LogP contribution in [0.25, 0.3) is 0 Å². The van der Waals surface area contributed by atoms with Crippen molar-refractivity contribution < 1.29 is 81.3 Å². The first-order chi connectivity index (χ1) is 24.2. The first-order valence-electron chi connectivity index (χ1n) is 16.3. The average molecular weight is 748 g/mol. The highest BCUT2D eigenvalue weighted by Crippen LogP contribution is 2.18. The van der Waals surface area contributed by atoms with Gasteiger partial charge in [-0.05, 0) is 6.82 Å². The van der Waals surface area contributed by atoms with Gasteiger partial charge in [-0.15, -0.1) is 0 Å².